The standard InChI is InChI=1S/C27H27FN4O4/c1-17(33)32(16-19-3-4-19)24-9-7-20(13-22(24)27(35)36-2)23-8-6-21(15-30-23)26(34)29-12-11-18-5-10-25(28)31-14-18/h5-10,13-15,19H,3-4,11-12,16H2,1-2H3,(H,29,34). The number of carbonyl (C=O) groups is 3. The van der Waals surface area contributed by atoms with Gasteiger partial charge in [-0.15, -0.1) is 0 Å². The molecule has 1 aliphatic carbocycles. The highest BCUT2D eigenvalue weighted by atomic mass is 19.1. The highest BCUT2D eigenvalue weighted by Crippen LogP contribution is 2.34. The number of nitrogens with zero attached hydrogens (tertiary/aromatic N) is 3. The minimum Gasteiger partial charge on any atom is -0.465 e. The van der Waals surface area contributed by atoms with Crippen molar-refractivity contribution in [2.45, 2.75) is 26.2 Å². The first-order valence-corrected chi connectivity index (χ1v) is 11.7. The molecule has 1 aromatic carbocycles. The molecule has 1 aliphatic rings. The molecule has 0 saturated heterocycles. The maximum Gasteiger partial charge on any atom is 0.340 e. The van der Waals surface area contributed by atoms with E-state index in [1.807, 2.05) is 0 Å². The fraction of sp³-hybridized carbons (Fsp3) is 0.296. The summed E-state index contributed by atoms with van der Waals surface area (Å²) in [5, 5.41) is 2.80. The SMILES string of the molecule is COC(=O)c1cc(-c2ccc(C(=O)NCCc3ccc(F)nc3)cn2)ccc1N(CC1CC1)C(C)=O. The Bertz CT molecular complexity index is 1260. The number of carbonyl (C=O) groups excluding carboxylic acids is 3. The molecule has 0 atom stereocenters. The molecule has 8 nitrogen and oxygen atoms in total. The third-order valence-corrected chi connectivity index (χ3v) is 6.02. The van der Waals surface area contributed by atoms with Gasteiger partial charge in [0.15, 0.2) is 0 Å². The van der Waals surface area contributed by atoms with Gasteiger partial charge in [0, 0.05) is 38.0 Å². The Morgan fingerprint density at radius 2 is 1.89 bits per heavy atom. The second kappa shape index (κ2) is 11.1. The minimum atomic E-state index is -0.545. The van der Waals surface area contributed by atoms with Crippen LogP contribution in [0.4, 0.5) is 10.1 Å². The number of benzene rings is 1. The molecule has 2 amide bonds. The number of esters is 1. The average molecular weight is 491 g/mol. The summed E-state index contributed by atoms with van der Waals surface area (Å²) < 4.78 is 17.9. The number of anilines is 1. The van der Waals surface area contributed by atoms with Crippen molar-refractivity contribution in [1.82, 2.24) is 15.3 Å². The van der Waals surface area contributed by atoms with E-state index in [0.717, 1.165) is 18.4 Å². The van der Waals surface area contributed by atoms with Crippen molar-refractivity contribution >= 4 is 23.5 Å². The molecule has 186 valence electrons. The van der Waals surface area contributed by atoms with E-state index in [2.05, 4.69) is 15.3 Å². The van der Waals surface area contributed by atoms with Crippen molar-refractivity contribution in [1.29, 1.82) is 0 Å². The number of aromatic nitrogens is 2. The van der Waals surface area contributed by atoms with E-state index in [1.165, 1.54) is 32.5 Å². The third kappa shape index (κ3) is 6.10. The van der Waals surface area contributed by atoms with Gasteiger partial charge in [0.25, 0.3) is 5.91 Å². The molecular formula is C27H27FN4O4. The van der Waals surface area contributed by atoms with Crippen molar-refractivity contribution in [2.24, 2.45) is 5.92 Å². The van der Waals surface area contributed by atoms with Gasteiger partial charge in [-0.1, -0.05) is 12.1 Å². The van der Waals surface area contributed by atoms with E-state index in [-0.39, 0.29) is 17.4 Å². The number of rotatable bonds is 9. The number of ether oxygens (including phenoxy) is 1. The predicted octanol–water partition coefficient (Wildman–Crippen LogP) is 3.80. The van der Waals surface area contributed by atoms with Crippen molar-refractivity contribution < 1.29 is 23.5 Å². The van der Waals surface area contributed by atoms with Gasteiger partial charge in [0.2, 0.25) is 11.9 Å². The van der Waals surface area contributed by atoms with E-state index >= 15 is 0 Å². The van der Waals surface area contributed by atoms with Gasteiger partial charge in [-0.2, -0.15) is 4.39 Å². The number of hydrogen-bond donors (Lipinski definition) is 1. The van der Waals surface area contributed by atoms with Crippen molar-refractivity contribution in [2.75, 3.05) is 25.1 Å². The van der Waals surface area contributed by atoms with Gasteiger partial charge in [0.1, 0.15) is 0 Å². The summed E-state index contributed by atoms with van der Waals surface area (Å²) in [5.41, 5.74) is 3.22. The monoisotopic (exact) mass is 490 g/mol. The van der Waals surface area contributed by atoms with Crippen LogP contribution < -0.4 is 10.2 Å². The Hall–Kier alpha value is -4.14. The van der Waals surface area contributed by atoms with E-state index in [9.17, 15) is 18.8 Å². The molecule has 4 rings (SSSR count). The first-order chi connectivity index (χ1) is 17.4. The molecule has 9 heteroatoms. The third-order valence-electron chi connectivity index (χ3n) is 6.02. The summed E-state index contributed by atoms with van der Waals surface area (Å²) >= 11 is 0. The van der Waals surface area contributed by atoms with Crippen molar-refractivity contribution in [3.05, 3.63) is 77.5 Å². The van der Waals surface area contributed by atoms with Crippen LogP contribution in [0.2, 0.25) is 0 Å². The zero-order valence-electron chi connectivity index (χ0n) is 20.2. The summed E-state index contributed by atoms with van der Waals surface area (Å²) in [6.07, 6.45) is 5.56. The Morgan fingerprint density at radius 1 is 1.08 bits per heavy atom. The van der Waals surface area contributed by atoms with E-state index < -0.39 is 11.9 Å². The van der Waals surface area contributed by atoms with E-state index in [1.54, 1.807) is 41.3 Å². The molecule has 1 N–H and O–H groups in total. The fourth-order valence-electron chi connectivity index (χ4n) is 3.84. The summed E-state index contributed by atoms with van der Waals surface area (Å²) in [5.74, 6) is -1.05. The maximum atomic E-state index is 12.9. The topological polar surface area (TPSA) is 101 Å². The molecule has 0 unspecified atom stereocenters. The summed E-state index contributed by atoms with van der Waals surface area (Å²) in [6.45, 7) is 2.42. The number of halogens is 1. The minimum absolute atomic E-state index is 0.135. The van der Waals surface area contributed by atoms with Crippen LogP contribution in [-0.4, -0.2) is 48.0 Å². The molecule has 1 saturated carbocycles. The second-order valence-electron chi connectivity index (χ2n) is 8.72. The lowest BCUT2D eigenvalue weighted by atomic mass is 10.0. The van der Waals surface area contributed by atoms with Crippen LogP contribution in [0.3, 0.4) is 0 Å². The lowest BCUT2D eigenvalue weighted by molar-refractivity contribution is -0.116. The van der Waals surface area contributed by atoms with Gasteiger partial charge >= 0.3 is 5.97 Å². The Kier molecular flexibility index (Phi) is 7.68. The molecule has 2 heterocycles. The first-order valence-electron chi connectivity index (χ1n) is 11.7. The summed E-state index contributed by atoms with van der Waals surface area (Å²) in [6, 6.07) is 11.4. The molecule has 36 heavy (non-hydrogen) atoms. The molecular weight excluding hydrogens is 463 g/mol. The molecule has 2 aromatic heterocycles. The normalized spacial score (nSPS) is 12.6. The highest BCUT2D eigenvalue weighted by Gasteiger charge is 2.29. The van der Waals surface area contributed by atoms with Gasteiger partial charge in [0.05, 0.1) is 29.6 Å². The molecule has 1 fully saturated rings. The second-order valence-corrected chi connectivity index (χ2v) is 8.72. The van der Waals surface area contributed by atoms with Crippen LogP contribution >= 0.6 is 0 Å². The molecule has 0 bridgehead atoms. The predicted molar refractivity (Wildman–Crippen MR) is 132 cm³/mol. The fourth-order valence-corrected chi connectivity index (χ4v) is 3.84. The summed E-state index contributed by atoms with van der Waals surface area (Å²) in [4.78, 5) is 46.9. The molecule has 0 aliphatic heterocycles. The number of methoxy groups -OCH3 is 1. The lowest BCUT2D eigenvalue weighted by Gasteiger charge is -2.23. The molecule has 3 aromatic rings. The molecule has 0 spiro atoms. The van der Waals surface area contributed by atoms with Gasteiger partial charge in [-0.25, -0.2) is 9.78 Å². The number of pyridine rings is 2. The first kappa shape index (κ1) is 25.0. The largest absolute Gasteiger partial charge is 0.465 e. The average Bonchev–Trinajstić information content (AvgIpc) is 3.72. The Balaban J connectivity index is 1.47. The lowest BCUT2D eigenvalue weighted by Crippen LogP contribution is -2.32. The van der Waals surface area contributed by atoms with Crippen LogP contribution in [0, 0.1) is 11.9 Å². The highest BCUT2D eigenvalue weighted by molar-refractivity contribution is 6.03. The van der Waals surface area contributed by atoms with Crippen molar-refractivity contribution in [3.8, 4) is 11.3 Å². The maximum absolute atomic E-state index is 12.9. The Labute approximate surface area is 208 Å². The van der Waals surface area contributed by atoms with Crippen molar-refractivity contribution in [3.63, 3.8) is 0 Å². The van der Waals surface area contributed by atoms with E-state index in [4.69, 9.17) is 4.74 Å². The number of nitrogens with one attached hydrogen (secondary N) is 1. The van der Waals surface area contributed by atoms with E-state index in [0.29, 0.717) is 47.9 Å². The van der Waals surface area contributed by atoms with Gasteiger partial charge in [-0.05, 0) is 61.1 Å². The zero-order valence-corrected chi connectivity index (χ0v) is 20.2. The van der Waals surface area contributed by atoms with Crippen LogP contribution in [0.25, 0.3) is 11.3 Å². The summed E-state index contributed by atoms with van der Waals surface area (Å²) in [7, 11) is 1.30. The van der Waals surface area contributed by atoms with Gasteiger partial charge < -0.3 is 15.0 Å². The van der Waals surface area contributed by atoms with Crippen LogP contribution in [-0.2, 0) is 16.0 Å². The quantitative estimate of drug-likeness (QED) is 0.362. The van der Waals surface area contributed by atoms with Gasteiger partial charge in [-0.3, -0.25) is 14.6 Å². The van der Waals surface area contributed by atoms with Crippen LogP contribution in [0.1, 0.15) is 46.0 Å². The van der Waals surface area contributed by atoms with Crippen LogP contribution in [0.15, 0.2) is 54.9 Å². The number of hydrogen-bond acceptors (Lipinski definition) is 6. The Morgan fingerprint density at radius 3 is 2.50 bits per heavy atom. The van der Waals surface area contributed by atoms with Crippen LogP contribution in [0.5, 0.6) is 0 Å². The smallest absolute Gasteiger partial charge is 0.340 e. The molecule has 0 radical (unpaired) electrons. The zero-order chi connectivity index (χ0) is 25.7. The number of amides is 2.